The third-order valence-electron chi connectivity index (χ3n) is 2.38. The molecule has 0 fully saturated rings. The quantitative estimate of drug-likeness (QED) is 0.798. The molecule has 1 aromatic rings. The number of nitrogens with one attached hydrogen (secondary N) is 2. The van der Waals surface area contributed by atoms with Crippen molar-refractivity contribution >= 4 is 17.6 Å². The van der Waals surface area contributed by atoms with Gasteiger partial charge in [-0.1, -0.05) is 13.8 Å². The van der Waals surface area contributed by atoms with Gasteiger partial charge in [-0.25, -0.2) is 4.98 Å². The van der Waals surface area contributed by atoms with E-state index in [0.717, 1.165) is 25.2 Å². The Bertz CT molecular complexity index is 378. The summed E-state index contributed by atoms with van der Waals surface area (Å²) in [5.41, 5.74) is -0.0905. The fourth-order valence-corrected chi connectivity index (χ4v) is 1.64. The van der Waals surface area contributed by atoms with Crippen LogP contribution in [0.15, 0.2) is 10.9 Å². The second-order valence-corrected chi connectivity index (χ2v) is 4.97. The molecule has 0 bridgehead atoms. The maximum Gasteiger partial charge on any atom is 0.252 e. The zero-order chi connectivity index (χ0) is 12.0. The van der Waals surface area contributed by atoms with Crippen LogP contribution in [-0.4, -0.2) is 28.0 Å². The van der Waals surface area contributed by atoms with Gasteiger partial charge in [0.25, 0.3) is 5.56 Å². The van der Waals surface area contributed by atoms with Crippen LogP contribution in [0.4, 0.5) is 5.82 Å². The van der Waals surface area contributed by atoms with E-state index in [1.165, 1.54) is 6.07 Å². The first-order valence-corrected chi connectivity index (χ1v) is 6.81. The summed E-state index contributed by atoms with van der Waals surface area (Å²) in [5.74, 6) is 1.40. The largest absolute Gasteiger partial charge is 0.370 e. The van der Waals surface area contributed by atoms with Gasteiger partial charge in [0.15, 0.2) is 0 Å². The summed E-state index contributed by atoms with van der Waals surface area (Å²) in [4.78, 5) is 18.3. The molecule has 1 heterocycles. The van der Waals surface area contributed by atoms with E-state index in [-0.39, 0.29) is 5.56 Å². The van der Waals surface area contributed by atoms with Crippen molar-refractivity contribution < 1.29 is 0 Å². The van der Waals surface area contributed by atoms with Crippen LogP contribution >= 0.6 is 11.8 Å². The molecule has 0 spiro atoms. The molecule has 0 aliphatic carbocycles. The lowest BCUT2D eigenvalue weighted by Crippen LogP contribution is -2.15. The Labute approximate surface area is 100 Å². The smallest absolute Gasteiger partial charge is 0.252 e. The highest BCUT2D eigenvalue weighted by Gasteiger charge is 2.01. The van der Waals surface area contributed by atoms with E-state index in [4.69, 9.17) is 0 Å². The van der Waals surface area contributed by atoms with Crippen molar-refractivity contribution in [1.29, 1.82) is 0 Å². The van der Waals surface area contributed by atoms with Crippen molar-refractivity contribution in [2.45, 2.75) is 31.9 Å². The van der Waals surface area contributed by atoms with Crippen molar-refractivity contribution in [3.63, 3.8) is 0 Å². The van der Waals surface area contributed by atoms with Gasteiger partial charge in [0.1, 0.15) is 11.6 Å². The number of hydrogen-bond acceptors (Lipinski definition) is 4. The summed E-state index contributed by atoms with van der Waals surface area (Å²) in [6, 6.07) is 1.50. The molecule has 0 saturated heterocycles. The number of hydrogen-bond donors (Lipinski definition) is 2. The molecule has 0 saturated carbocycles. The Hall–Kier alpha value is -0.970. The Balaban J connectivity index is 2.53. The van der Waals surface area contributed by atoms with Crippen LogP contribution < -0.4 is 10.9 Å². The average Bonchev–Trinajstić information content (AvgIpc) is 2.28. The van der Waals surface area contributed by atoms with Gasteiger partial charge in [0, 0.05) is 24.3 Å². The normalized spacial score (nSPS) is 12.4. The highest BCUT2D eigenvalue weighted by molar-refractivity contribution is 7.99. The van der Waals surface area contributed by atoms with Crippen molar-refractivity contribution in [3.8, 4) is 0 Å². The molecule has 1 unspecified atom stereocenters. The fraction of sp³-hybridized carbons (Fsp3) is 0.636. The SMILES string of the molecule is CCc1nc(NCCC(C)SC)cc(=O)[nH]1. The summed E-state index contributed by atoms with van der Waals surface area (Å²) in [7, 11) is 0. The lowest BCUT2D eigenvalue weighted by atomic mass is 10.3. The second kappa shape index (κ2) is 6.58. The van der Waals surface area contributed by atoms with Gasteiger partial charge in [-0.05, 0) is 12.7 Å². The summed E-state index contributed by atoms with van der Waals surface area (Å²) in [5, 5.41) is 3.81. The van der Waals surface area contributed by atoms with E-state index >= 15 is 0 Å². The van der Waals surface area contributed by atoms with Gasteiger partial charge in [-0.3, -0.25) is 4.79 Å². The maximum atomic E-state index is 11.3. The van der Waals surface area contributed by atoms with E-state index in [1.54, 1.807) is 0 Å². The van der Waals surface area contributed by atoms with E-state index in [9.17, 15) is 4.79 Å². The second-order valence-electron chi connectivity index (χ2n) is 3.69. The topological polar surface area (TPSA) is 57.8 Å². The third-order valence-corrected chi connectivity index (χ3v) is 3.43. The van der Waals surface area contributed by atoms with Crippen LogP contribution in [0.25, 0.3) is 0 Å². The Morgan fingerprint density at radius 2 is 2.38 bits per heavy atom. The number of nitrogens with zero attached hydrogens (tertiary/aromatic N) is 1. The number of rotatable bonds is 6. The van der Waals surface area contributed by atoms with Crippen molar-refractivity contribution in [2.75, 3.05) is 18.1 Å². The van der Waals surface area contributed by atoms with Crippen LogP contribution in [0.5, 0.6) is 0 Å². The minimum absolute atomic E-state index is 0.0905. The Kier molecular flexibility index (Phi) is 5.38. The first-order chi connectivity index (χ1) is 7.65. The van der Waals surface area contributed by atoms with Gasteiger partial charge in [-0.15, -0.1) is 0 Å². The first-order valence-electron chi connectivity index (χ1n) is 5.52. The van der Waals surface area contributed by atoms with E-state index in [2.05, 4.69) is 28.5 Å². The lowest BCUT2D eigenvalue weighted by Gasteiger charge is -2.09. The predicted octanol–water partition coefficient (Wildman–Crippen LogP) is 1.89. The number of anilines is 1. The van der Waals surface area contributed by atoms with Gasteiger partial charge < -0.3 is 10.3 Å². The van der Waals surface area contributed by atoms with Crippen molar-refractivity contribution in [3.05, 3.63) is 22.2 Å². The summed E-state index contributed by atoms with van der Waals surface area (Å²) in [6.07, 6.45) is 3.91. The van der Waals surface area contributed by atoms with Crippen LogP contribution in [0, 0.1) is 0 Å². The average molecular weight is 241 g/mol. The van der Waals surface area contributed by atoms with Gasteiger partial charge in [-0.2, -0.15) is 11.8 Å². The molecule has 2 N–H and O–H groups in total. The predicted molar refractivity (Wildman–Crippen MR) is 70.3 cm³/mol. The molecule has 0 aliphatic rings. The molecule has 16 heavy (non-hydrogen) atoms. The van der Waals surface area contributed by atoms with Crippen LogP contribution in [-0.2, 0) is 6.42 Å². The first kappa shape index (κ1) is 13.1. The fourth-order valence-electron chi connectivity index (χ4n) is 1.29. The molecule has 1 atom stereocenters. The third kappa shape index (κ3) is 4.26. The van der Waals surface area contributed by atoms with E-state index in [1.807, 2.05) is 18.7 Å². The molecule has 5 heteroatoms. The van der Waals surface area contributed by atoms with Crippen LogP contribution in [0.1, 0.15) is 26.1 Å². The number of H-pyrrole nitrogens is 1. The molecule has 1 aromatic heterocycles. The number of aromatic nitrogens is 2. The minimum atomic E-state index is -0.0905. The lowest BCUT2D eigenvalue weighted by molar-refractivity contribution is 0.841. The Morgan fingerprint density at radius 1 is 1.62 bits per heavy atom. The minimum Gasteiger partial charge on any atom is -0.370 e. The highest BCUT2D eigenvalue weighted by atomic mass is 32.2. The standard InChI is InChI=1S/C11H19N3OS/c1-4-9-13-10(7-11(15)14-9)12-6-5-8(2)16-3/h7-8H,4-6H2,1-3H3,(H2,12,13,14,15). The monoisotopic (exact) mass is 241 g/mol. The molecular formula is C11H19N3OS. The molecule has 0 radical (unpaired) electrons. The summed E-state index contributed by atoms with van der Waals surface area (Å²) < 4.78 is 0. The number of aryl methyl sites for hydroxylation is 1. The van der Waals surface area contributed by atoms with Gasteiger partial charge in [0.2, 0.25) is 0 Å². The zero-order valence-electron chi connectivity index (χ0n) is 10.0. The van der Waals surface area contributed by atoms with Gasteiger partial charge >= 0.3 is 0 Å². The van der Waals surface area contributed by atoms with E-state index in [0.29, 0.717) is 11.1 Å². The van der Waals surface area contributed by atoms with E-state index < -0.39 is 0 Å². The van der Waals surface area contributed by atoms with Crippen molar-refractivity contribution in [2.24, 2.45) is 0 Å². The highest BCUT2D eigenvalue weighted by Crippen LogP contribution is 2.09. The molecule has 0 aromatic carbocycles. The van der Waals surface area contributed by atoms with Crippen LogP contribution in [0.2, 0.25) is 0 Å². The molecule has 4 nitrogen and oxygen atoms in total. The van der Waals surface area contributed by atoms with Crippen LogP contribution in [0.3, 0.4) is 0 Å². The summed E-state index contributed by atoms with van der Waals surface area (Å²) in [6.45, 7) is 5.01. The molecule has 1 rings (SSSR count). The summed E-state index contributed by atoms with van der Waals surface area (Å²) >= 11 is 1.84. The zero-order valence-corrected chi connectivity index (χ0v) is 10.9. The van der Waals surface area contributed by atoms with Crippen molar-refractivity contribution in [1.82, 2.24) is 9.97 Å². The molecule has 0 amide bonds. The maximum absolute atomic E-state index is 11.3. The molecule has 0 aliphatic heterocycles. The molecule has 90 valence electrons. The van der Waals surface area contributed by atoms with Gasteiger partial charge in [0.05, 0.1) is 0 Å². The Morgan fingerprint density at radius 3 is 3.00 bits per heavy atom. The number of aromatic amines is 1. The number of thioether (sulfide) groups is 1. The molecular weight excluding hydrogens is 222 g/mol.